The Hall–Kier alpha value is -1.35. The second kappa shape index (κ2) is 5.96. The molecule has 2 aromatic carbocycles. The Kier molecular flexibility index (Phi) is 4.06. The third-order valence-corrected chi connectivity index (χ3v) is 4.01. The fourth-order valence-corrected chi connectivity index (χ4v) is 2.84. The van der Waals surface area contributed by atoms with Crippen LogP contribution in [0.15, 0.2) is 54.6 Å². The first-order valence-corrected chi connectivity index (χ1v) is 7.30. The first-order valence-electron chi connectivity index (χ1n) is 6.92. The van der Waals surface area contributed by atoms with Crippen molar-refractivity contribution in [3.05, 3.63) is 70.7 Å². The van der Waals surface area contributed by atoms with Crippen LogP contribution in [0.2, 0.25) is 5.02 Å². The highest BCUT2D eigenvalue weighted by atomic mass is 35.5. The number of ether oxygens (including phenoxy) is 1. The first kappa shape index (κ1) is 13.6. The maximum Gasteiger partial charge on any atom is 0.0976 e. The molecule has 3 rings (SSSR count). The third kappa shape index (κ3) is 2.88. The Morgan fingerprint density at radius 1 is 1.00 bits per heavy atom. The van der Waals surface area contributed by atoms with Crippen molar-refractivity contribution in [3.63, 3.8) is 0 Å². The number of benzene rings is 2. The summed E-state index contributed by atoms with van der Waals surface area (Å²) in [5.74, 6) is 0. The van der Waals surface area contributed by atoms with Crippen LogP contribution in [-0.4, -0.2) is 12.6 Å². The number of nitrogens with one attached hydrogen (secondary N) is 1. The predicted octanol–water partition coefficient (Wildman–Crippen LogP) is 4.13. The average Bonchev–Trinajstić information content (AvgIpc) is 2.49. The molecule has 0 spiro atoms. The summed E-state index contributed by atoms with van der Waals surface area (Å²) in [6, 6.07) is 18.8. The molecule has 1 saturated heterocycles. The second-order valence-corrected chi connectivity index (χ2v) is 5.66. The minimum Gasteiger partial charge on any atom is -0.370 e. The van der Waals surface area contributed by atoms with Gasteiger partial charge in [0.2, 0.25) is 0 Å². The molecule has 3 heteroatoms. The average molecular weight is 288 g/mol. The van der Waals surface area contributed by atoms with Crippen LogP contribution in [0.25, 0.3) is 0 Å². The van der Waals surface area contributed by atoms with Crippen molar-refractivity contribution in [2.75, 3.05) is 6.61 Å². The molecular weight excluding hydrogens is 270 g/mol. The lowest BCUT2D eigenvalue weighted by atomic mass is 9.98. The van der Waals surface area contributed by atoms with Crippen LogP contribution in [0.1, 0.15) is 30.2 Å². The molecule has 0 saturated carbocycles. The van der Waals surface area contributed by atoms with Crippen LogP contribution in [0, 0.1) is 0 Å². The van der Waals surface area contributed by atoms with E-state index in [0.29, 0.717) is 6.61 Å². The van der Waals surface area contributed by atoms with E-state index in [9.17, 15) is 0 Å². The van der Waals surface area contributed by atoms with Crippen molar-refractivity contribution in [2.24, 2.45) is 0 Å². The van der Waals surface area contributed by atoms with Crippen molar-refractivity contribution >= 4 is 11.6 Å². The Labute approximate surface area is 124 Å². The van der Waals surface area contributed by atoms with E-state index in [1.807, 2.05) is 30.3 Å². The summed E-state index contributed by atoms with van der Waals surface area (Å²) in [5.41, 5.74) is 2.44. The fraction of sp³-hybridized carbons (Fsp3) is 0.294. The van der Waals surface area contributed by atoms with E-state index in [-0.39, 0.29) is 18.2 Å². The van der Waals surface area contributed by atoms with E-state index >= 15 is 0 Å². The Balaban J connectivity index is 1.72. The molecule has 0 aliphatic carbocycles. The molecule has 2 nitrogen and oxygen atoms in total. The lowest BCUT2D eigenvalue weighted by Crippen LogP contribution is -2.43. The lowest BCUT2D eigenvalue weighted by molar-refractivity contribution is -0.0253. The minimum atomic E-state index is 0.0761. The highest BCUT2D eigenvalue weighted by Crippen LogP contribution is 2.30. The van der Waals surface area contributed by atoms with Crippen molar-refractivity contribution in [1.29, 1.82) is 0 Å². The van der Waals surface area contributed by atoms with E-state index in [2.05, 4.69) is 36.5 Å². The van der Waals surface area contributed by atoms with Gasteiger partial charge in [-0.05, 0) is 30.2 Å². The number of halogens is 1. The molecule has 2 aromatic rings. The van der Waals surface area contributed by atoms with Gasteiger partial charge in [-0.1, -0.05) is 54.1 Å². The largest absolute Gasteiger partial charge is 0.370 e. The van der Waals surface area contributed by atoms with Gasteiger partial charge in [0.25, 0.3) is 0 Å². The molecule has 1 fully saturated rings. The van der Waals surface area contributed by atoms with Gasteiger partial charge in [0.15, 0.2) is 0 Å². The van der Waals surface area contributed by atoms with Crippen molar-refractivity contribution < 1.29 is 4.74 Å². The van der Waals surface area contributed by atoms with Gasteiger partial charge in [0, 0.05) is 11.1 Å². The zero-order chi connectivity index (χ0) is 13.9. The van der Waals surface area contributed by atoms with E-state index in [1.165, 1.54) is 11.1 Å². The SMILES string of the molecule is CC1NC(c2ccccc2)COC1c1ccc(Cl)cc1. The van der Waals surface area contributed by atoms with Crippen molar-refractivity contribution in [1.82, 2.24) is 5.32 Å². The van der Waals surface area contributed by atoms with Crippen LogP contribution < -0.4 is 5.32 Å². The second-order valence-electron chi connectivity index (χ2n) is 5.22. The van der Waals surface area contributed by atoms with Gasteiger partial charge in [-0.25, -0.2) is 0 Å². The maximum atomic E-state index is 6.08. The van der Waals surface area contributed by atoms with Gasteiger partial charge in [0.05, 0.1) is 18.8 Å². The zero-order valence-electron chi connectivity index (χ0n) is 11.4. The molecule has 3 atom stereocenters. The number of morpholine rings is 1. The highest BCUT2D eigenvalue weighted by molar-refractivity contribution is 6.30. The number of rotatable bonds is 2. The summed E-state index contributed by atoms with van der Waals surface area (Å²) in [7, 11) is 0. The molecule has 3 unspecified atom stereocenters. The number of hydrogen-bond acceptors (Lipinski definition) is 2. The summed E-state index contributed by atoms with van der Waals surface area (Å²) in [6.07, 6.45) is 0.0761. The molecule has 0 aromatic heterocycles. The normalized spacial score (nSPS) is 26.4. The van der Waals surface area contributed by atoms with Crippen molar-refractivity contribution in [3.8, 4) is 0 Å². The molecule has 1 aliphatic rings. The smallest absolute Gasteiger partial charge is 0.0976 e. The molecule has 20 heavy (non-hydrogen) atoms. The van der Waals surface area contributed by atoms with Gasteiger partial charge in [0.1, 0.15) is 0 Å². The maximum absolute atomic E-state index is 6.08. The fourth-order valence-electron chi connectivity index (χ4n) is 2.71. The Morgan fingerprint density at radius 3 is 2.35 bits per heavy atom. The summed E-state index contributed by atoms with van der Waals surface area (Å²) in [5, 5.41) is 4.39. The van der Waals surface area contributed by atoms with E-state index < -0.39 is 0 Å². The Morgan fingerprint density at radius 2 is 1.70 bits per heavy atom. The molecule has 0 amide bonds. The van der Waals surface area contributed by atoms with Crippen LogP contribution in [0.3, 0.4) is 0 Å². The van der Waals surface area contributed by atoms with Crippen LogP contribution in [0.5, 0.6) is 0 Å². The van der Waals surface area contributed by atoms with Gasteiger partial charge < -0.3 is 10.1 Å². The summed E-state index contributed by atoms with van der Waals surface area (Å²) < 4.78 is 6.08. The molecule has 1 N–H and O–H groups in total. The van der Waals surface area contributed by atoms with E-state index in [0.717, 1.165) is 5.02 Å². The first-order chi connectivity index (χ1) is 9.74. The summed E-state index contributed by atoms with van der Waals surface area (Å²) >= 11 is 5.93. The standard InChI is InChI=1S/C17H18ClNO/c1-12-17(14-7-9-15(18)10-8-14)20-11-16(19-12)13-5-3-2-4-6-13/h2-10,12,16-17,19H,11H2,1H3. The summed E-state index contributed by atoms with van der Waals surface area (Å²) in [6.45, 7) is 2.84. The lowest BCUT2D eigenvalue weighted by Gasteiger charge is -2.36. The molecule has 0 bridgehead atoms. The summed E-state index contributed by atoms with van der Waals surface area (Å²) in [4.78, 5) is 0. The zero-order valence-corrected chi connectivity index (χ0v) is 12.2. The van der Waals surface area contributed by atoms with Gasteiger partial charge in [-0.2, -0.15) is 0 Å². The Bertz CT molecular complexity index is 555. The number of hydrogen-bond donors (Lipinski definition) is 1. The van der Waals surface area contributed by atoms with Crippen LogP contribution in [-0.2, 0) is 4.74 Å². The third-order valence-electron chi connectivity index (χ3n) is 3.76. The molecule has 104 valence electrons. The molecular formula is C17H18ClNO. The quantitative estimate of drug-likeness (QED) is 0.897. The van der Waals surface area contributed by atoms with Gasteiger partial charge in [-0.3, -0.25) is 0 Å². The van der Waals surface area contributed by atoms with Crippen molar-refractivity contribution in [2.45, 2.75) is 25.1 Å². The minimum absolute atomic E-state index is 0.0761. The highest BCUT2D eigenvalue weighted by Gasteiger charge is 2.29. The monoisotopic (exact) mass is 287 g/mol. The molecule has 0 radical (unpaired) electrons. The van der Waals surface area contributed by atoms with Gasteiger partial charge >= 0.3 is 0 Å². The van der Waals surface area contributed by atoms with Gasteiger partial charge in [-0.15, -0.1) is 0 Å². The van der Waals surface area contributed by atoms with E-state index in [1.54, 1.807) is 0 Å². The van der Waals surface area contributed by atoms with Crippen LogP contribution >= 0.6 is 11.6 Å². The predicted molar refractivity (Wildman–Crippen MR) is 81.9 cm³/mol. The molecule has 1 aliphatic heterocycles. The van der Waals surface area contributed by atoms with E-state index in [4.69, 9.17) is 16.3 Å². The van der Waals surface area contributed by atoms with Crippen LogP contribution in [0.4, 0.5) is 0 Å². The topological polar surface area (TPSA) is 21.3 Å². The molecule has 1 heterocycles.